The van der Waals surface area contributed by atoms with Crippen LogP contribution in [0, 0.1) is 12.8 Å². The summed E-state index contributed by atoms with van der Waals surface area (Å²) in [5.74, 6) is -0.450. The molecule has 0 radical (unpaired) electrons. The summed E-state index contributed by atoms with van der Waals surface area (Å²) in [7, 11) is -3.42. The number of nitrogens with one attached hydrogen (secondary N) is 1. The molecule has 0 aromatic heterocycles. The third-order valence-corrected chi connectivity index (χ3v) is 7.67. The number of hydrogen-bond acceptors (Lipinski definition) is 3. The number of carbonyl (C=O) groups excluding carboxylic acids is 1. The molecule has 150 valence electrons. The van der Waals surface area contributed by atoms with Crippen molar-refractivity contribution in [2.75, 3.05) is 18.4 Å². The van der Waals surface area contributed by atoms with E-state index in [0.29, 0.717) is 41.7 Å². The van der Waals surface area contributed by atoms with Crippen molar-refractivity contribution in [1.82, 2.24) is 4.31 Å². The van der Waals surface area contributed by atoms with E-state index in [0.717, 1.165) is 11.1 Å². The van der Waals surface area contributed by atoms with Gasteiger partial charge in [-0.1, -0.05) is 53.5 Å². The Morgan fingerprint density at radius 3 is 2.46 bits per heavy atom. The number of carbonyl (C=O) groups is 1. The third kappa shape index (κ3) is 4.87. The fourth-order valence-corrected chi connectivity index (χ4v) is 5.31. The molecule has 1 amide bonds. The van der Waals surface area contributed by atoms with Gasteiger partial charge in [0.25, 0.3) is 0 Å². The smallest absolute Gasteiger partial charge is 0.227 e. The van der Waals surface area contributed by atoms with E-state index in [1.807, 2.05) is 31.2 Å². The van der Waals surface area contributed by atoms with Crippen molar-refractivity contribution in [3.8, 4) is 0 Å². The van der Waals surface area contributed by atoms with Crippen molar-refractivity contribution < 1.29 is 13.2 Å². The van der Waals surface area contributed by atoms with Crippen LogP contribution in [0.4, 0.5) is 5.69 Å². The summed E-state index contributed by atoms with van der Waals surface area (Å²) in [6.45, 7) is 2.56. The van der Waals surface area contributed by atoms with E-state index >= 15 is 0 Å². The minimum absolute atomic E-state index is 0.0192. The second kappa shape index (κ2) is 8.82. The predicted octanol–water partition coefficient (Wildman–Crippen LogP) is 4.48. The van der Waals surface area contributed by atoms with Crippen LogP contribution in [0.5, 0.6) is 0 Å². The van der Waals surface area contributed by atoms with Gasteiger partial charge in [-0.05, 0) is 43.0 Å². The Bertz CT molecular complexity index is 971. The van der Waals surface area contributed by atoms with Crippen LogP contribution in [0.2, 0.25) is 10.0 Å². The number of halogens is 2. The predicted molar refractivity (Wildman–Crippen MR) is 113 cm³/mol. The zero-order chi connectivity index (χ0) is 20.3. The molecule has 1 aliphatic heterocycles. The lowest BCUT2D eigenvalue weighted by atomic mass is 9.97. The Labute approximate surface area is 175 Å². The van der Waals surface area contributed by atoms with Gasteiger partial charge in [0.15, 0.2) is 0 Å². The van der Waals surface area contributed by atoms with E-state index in [-0.39, 0.29) is 17.6 Å². The van der Waals surface area contributed by atoms with Gasteiger partial charge in [-0.2, -0.15) is 0 Å². The molecular weight excluding hydrogens is 419 g/mol. The molecule has 3 rings (SSSR count). The van der Waals surface area contributed by atoms with Crippen molar-refractivity contribution >= 4 is 44.8 Å². The summed E-state index contributed by atoms with van der Waals surface area (Å²) in [5.41, 5.74) is 2.23. The first kappa shape index (κ1) is 21.1. The molecule has 0 bridgehead atoms. The van der Waals surface area contributed by atoms with Crippen LogP contribution in [0.25, 0.3) is 0 Å². The summed E-state index contributed by atoms with van der Waals surface area (Å²) in [6, 6.07) is 12.5. The molecule has 2 aromatic rings. The number of sulfonamides is 1. The molecule has 28 heavy (non-hydrogen) atoms. The number of piperidine rings is 1. The van der Waals surface area contributed by atoms with Crippen molar-refractivity contribution in [3.05, 3.63) is 63.6 Å². The number of hydrogen-bond donors (Lipinski definition) is 1. The van der Waals surface area contributed by atoms with Crippen LogP contribution < -0.4 is 5.32 Å². The van der Waals surface area contributed by atoms with Crippen LogP contribution in [0.3, 0.4) is 0 Å². The third-order valence-electron chi connectivity index (χ3n) is 5.03. The monoisotopic (exact) mass is 440 g/mol. The topological polar surface area (TPSA) is 66.5 Å². The lowest BCUT2D eigenvalue weighted by Gasteiger charge is -2.30. The quantitative estimate of drug-likeness (QED) is 0.744. The van der Waals surface area contributed by atoms with Gasteiger partial charge >= 0.3 is 0 Å². The molecule has 1 saturated heterocycles. The molecule has 0 atom stereocenters. The maximum atomic E-state index is 12.8. The second-order valence-electron chi connectivity index (χ2n) is 6.95. The first-order valence-corrected chi connectivity index (χ1v) is 11.4. The molecule has 1 fully saturated rings. The number of rotatable bonds is 5. The molecule has 1 heterocycles. The molecule has 0 aliphatic carbocycles. The lowest BCUT2D eigenvalue weighted by molar-refractivity contribution is -0.120. The highest BCUT2D eigenvalue weighted by atomic mass is 35.5. The van der Waals surface area contributed by atoms with E-state index in [9.17, 15) is 13.2 Å². The zero-order valence-electron chi connectivity index (χ0n) is 15.5. The van der Waals surface area contributed by atoms with E-state index in [1.165, 1.54) is 4.31 Å². The summed E-state index contributed by atoms with van der Waals surface area (Å²) in [6.07, 6.45) is 0.939. The molecule has 5 nitrogen and oxygen atoms in total. The summed E-state index contributed by atoms with van der Waals surface area (Å²) in [5, 5.41) is 3.47. The van der Waals surface area contributed by atoms with Gasteiger partial charge < -0.3 is 5.32 Å². The average molecular weight is 441 g/mol. The molecular formula is C20H22Cl2N2O3S. The fraction of sp³-hybridized carbons (Fsp3) is 0.350. The Kier molecular flexibility index (Phi) is 6.65. The maximum Gasteiger partial charge on any atom is 0.227 e. The molecule has 1 aliphatic rings. The van der Waals surface area contributed by atoms with Gasteiger partial charge in [0.1, 0.15) is 0 Å². The van der Waals surface area contributed by atoms with Gasteiger partial charge in [-0.15, -0.1) is 0 Å². The van der Waals surface area contributed by atoms with Crippen LogP contribution in [0.15, 0.2) is 42.5 Å². The van der Waals surface area contributed by atoms with E-state index < -0.39 is 10.0 Å². The Morgan fingerprint density at radius 1 is 1.11 bits per heavy atom. The van der Waals surface area contributed by atoms with Gasteiger partial charge in [0, 0.05) is 19.0 Å². The molecule has 0 saturated carbocycles. The largest absolute Gasteiger partial charge is 0.324 e. The summed E-state index contributed by atoms with van der Waals surface area (Å²) in [4.78, 5) is 12.5. The van der Waals surface area contributed by atoms with Crippen LogP contribution >= 0.6 is 23.2 Å². The molecule has 0 spiro atoms. The Hall–Kier alpha value is -1.60. The van der Waals surface area contributed by atoms with Crippen molar-refractivity contribution in [1.29, 1.82) is 0 Å². The lowest BCUT2D eigenvalue weighted by Crippen LogP contribution is -2.42. The van der Waals surface area contributed by atoms with Crippen LogP contribution in [-0.2, 0) is 20.6 Å². The van der Waals surface area contributed by atoms with E-state index in [4.69, 9.17) is 23.2 Å². The number of benzene rings is 2. The standard InChI is InChI=1S/C20H22Cl2N2O3S/c1-14-5-2-3-6-16(14)13-28(26,27)24-11-9-15(10-12-24)20(25)23-18-8-4-7-17(21)19(18)22/h2-8,15H,9-13H2,1H3,(H,23,25). The highest BCUT2D eigenvalue weighted by Crippen LogP contribution is 2.31. The average Bonchev–Trinajstić information content (AvgIpc) is 2.67. The first-order valence-electron chi connectivity index (χ1n) is 9.05. The first-order chi connectivity index (χ1) is 13.3. The van der Waals surface area contributed by atoms with Crippen molar-refractivity contribution in [2.45, 2.75) is 25.5 Å². The van der Waals surface area contributed by atoms with Crippen molar-refractivity contribution in [3.63, 3.8) is 0 Å². The molecule has 2 aromatic carbocycles. The van der Waals surface area contributed by atoms with Gasteiger partial charge in [-0.25, -0.2) is 12.7 Å². The SMILES string of the molecule is Cc1ccccc1CS(=O)(=O)N1CCC(C(=O)Nc2cccc(Cl)c2Cl)CC1. The van der Waals surface area contributed by atoms with Crippen LogP contribution in [0.1, 0.15) is 24.0 Å². The zero-order valence-corrected chi connectivity index (χ0v) is 17.8. The van der Waals surface area contributed by atoms with E-state index in [2.05, 4.69) is 5.32 Å². The minimum atomic E-state index is -3.42. The summed E-state index contributed by atoms with van der Waals surface area (Å²) >= 11 is 12.1. The molecule has 8 heteroatoms. The Morgan fingerprint density at radius 2 is 1.79 bits per heavy atom. The second-order valence-corrected chi connectivity index (χ2v) is 9.70. The van der Waals surface area contributed by atoms with Gasteiger partial charge in [0.2, 0.25) is 15.9 Å². The number of aryl methyl sites for hydroxylation is 1. The fourth-order valence-electron chi connectivity index (χ4n) is 3.29. The minimum Gasteiger partial charge on any atom is -0.324 e. The number of nitrogens with zero attached hydrogens (tertiary/aromatic N) is 1. The summed E-state index contributed by atoms with van der Waals surface area (Å²) < 4.78 is 27.0. The molecule has 0 unspecified atom stereocenters. The van der Waals surface area contributed by atoms with E-state index in [1.54, 1.807) is 18.2 Å². The number of anilines is 1. The van der Waals surface area contributed by atoms with Crippen molar-refractivity contribution in [2.24, 2.45) is 5.92 Å². The Balaban J connectivity index is 1.60. The van der Waals surface area contributed by atoms with Gasteiger partial charge in [0.05, 0.1) is 21.5 Å². The van der Waals surface area contributed by atoms with Gasteiger partial charge in [-0.3, -0.25) is 4.79 Å². The highest BCUT2D eigenvalue weighted by molar-refractivity contribution is 7.88. The normalized spacial score (nSPS) is 16.1. The maximum absolute atomic E-state index is 12.8. The highest BCUT2D eigenvalue weighted by Gasteiger charge is 2.31. The van der Waals surface area contributed by atoms with Crippen LogP contribution in [-0.4, -0.2) is 31.7 Å². The molecule has 1 N–H and O–H groups in total. The number of amides is 1.